The third-order valence-corrected chi connectivity index (χ3v) is 9.72. The molecule has 1 heterocycles. The van der Waals surface area contributed by atoms with Gasteiger partial charge in [0, 0.05) is 17.3 Å². The van der Waals surface area contributed by atoms with Gasteiger partial charge in [0.1, 0.15) is 5.78 Å². The summed E-state index contributed by atoms with van der Waals surface area (Å²) in [5.74, 6) is -0.794. The molecule has 0 amide bonds. The van der Waals surface area contributed by atoms with Gasteiger partial charge in [0.25, 0.3) is 0 Å². The molecule has 5 rings (SSSR count). The van der Waals surface area contributed by atoms with Crippen molar-refractivity contribution in [2.75, 3.05) is 0 Å². The first kappa shape index (κ1) is 19.5. The maximum absolute atomic E-state index is 13.8. The van der Waals surface area contributed by atoms with Gasteiger partial charge in [-0.1, -0.05) is 27.7 Å². The van der Waals surface area contributed by atoms with Crippen molar-refractivity contribution in [1.29, 1.82) is 0 Å². The number of ketones is 1. The Labute approximate surface area is 168 Å². The number of Topliss-reactive ketones (excluding diaryl/α,β-unsaturated/α-hetero) is 1. The molecule has 1 spiro atoms. The SMILES string of the molecule is C[C@H]1C(=O)[C@@]23[C@@H]4OC(C)(C)O[C@@H]2C[C@H]2C(C)(C)CC[C@@H](O)[C@@]2(C)[C@H]3[C@@H](O)C[C@@H]41. The van der Waals surface area contributed by atoms with E-state index in [0.717, 1.165) is 19.3 Å². The van der Waals surface area contributed by atoms with Gasteiger partial charge in [-0.3, -0.25) is 4.79 Å². The molecule has 4 saturated carbocycles. The summed E-state index contributed by atoms with van der Waals surface area (Å²) in [6.45, 7) is 12.6. The van der Waals surface area contributed by atoms with Gasteiger partial charge in [0.15, 0.2) is 5.79 Å². The van der Waals surface area contributed by atoms with Crippen LogP contribution in [0.1, 0.15) is 67.2 Å². The number of carbonyl (C=O) groups is 1. The van der Waals surface area contributed by atoms with Crippen molar-refractivity contribution in [3.8, 4) is 0 Å². The molecule has 0 aromatic rings. The molecule has 0 radical (unpaired) electrons. The van der Waals surface area contributed by atoms with Crippen LogP contribution in [0, 0.1) is 39.9 Å². The van der Waals surface area contributed by atoms with Crippen LogP contribution in [0.4, 0.5) is 0 Å². The molecular formula is C23H36O5. The van der Waals surface area contributed by atoms with Crippen molar-refractivity contribution in [3.63, 3.8) is 0 Å². The van der Waals surface area contributed by atoms with Crippen LogP contribution in [-0.2, 0) is 14.3 Å². The molecule has 10 atom stereocenters. The number of aliphatic hydroxyl groups excluding tert-OH is 2. The summed E-state index contributed by atoms with van der Waals surface area (Å²) in [6, 6.07) is 0. The number of aliphatic hydroxyl groups is 2. The van der Waals surface area contributed by atoms with E-state index in [1.54, 1.807) is 0 Å². The molecule has 28 heavy (non-hydrogen) atoms. The average Bonchev–Trinajstić information content (AvgIpc) is 2.72. The molecule has 5 fully saturated rings. The van der Waals surface area contributed by atoms with E-state index in [1.807, 2.05) is 20.8 Å². The number of hydrogen-bond acceptors (Lipinski definition) is 5. The highest BCUT2D eigenvalue weighted by Gasteiger charge is 2.80. The van der Waals surface area contributed by atoms with E-state index in [0.29, 0.717) is 6.42 Å². The molecule has 2 N–H and O–H groups in total. The second kappa shape index (κ2) is 5.40. The van der Waals surface area contributed by atoms with Crippen LogP contribution in [0.25, 0.3) is 0 Å². The summed E-state index contributed by atoms with van der Waals surface area (Å²) in [5.41, 5.74) is -1.33. The van der Waals surface area contributed by atoms with Crippen LogP contribution in [0.2, 0.25) is 0 Å². The molecule has 2 bridgehead atoms. The van der Waals surface area contributed by atoms with Crippen molar-refractivity contribution in [2.24, 2.45) is 39.9 Å². The molecule has 1 aliphatic heterocycles. The molecule has 5 heteroatoms. The van der Waals surface area contributed by atoms with Crippen LogP contribution in [-0.4, -0.2) is 46.2 Å². The lowest BCUT2D eigenvalue weighted by molar-refractivity contribution is -0.394. The van der Waals surface area contributed by atoms with Gasteiger partial charge in [-0.25, -0.2) is 0 Å². The molecule has 0 aromatic heterocycles. The molecule has 0 aromatic carbocycles. The average molecular weight is 393 g/mol. The molecular weight excluding hydrogens is 356 g/mol. The summed E-state index contributed by atoms with van der Waals surface area (Å²) in [7, 11) is 0. The van der Waals surface area contributed by atoms with Gasteiger partial charge in [0.05, 0.1) is 29.8 Å². The molecule has 0 unspecified atom stereocenters. The lowest BCUT2D eigenvalue weighted by Gasteiger charge is -2.70. The Bertz CT molecular complexity index is 716. The molecule has 4 aliphatic carbocycles. The molecule has 158 valence electrons. The third kappa shape index (κ3) is 2.00. The van der Waals surface area contributed by atoms with E-state index in [-0.39, 0.29) is 47.1 Å². The predicted octanol–water partition coefficient (Wildman–Crippen LogP) is 2.92. The van der Waals surface area contributed by atoms with Crippen molar-refractivity contribution in [3.05, 3.63) is 0 Å². The fraction of sp³-hybridized carbons (Fsp3) is 0.957. The van der Waals surface area contributed by atoms with Gasteiger partial charge >= 0.3 is 0 Å². The Kier molecular flexibility index (Phi) is 3.76. The monoisotopic (exact) mass is 392 g/mol. The summed E-state index contributed by atoms with van der Waals surface area (Å²) in [6.07, 6.45) is 1.37. The Morgan fingerprint density at radius 2 is 1.71 bits per heavy atom. The molecule has 5 nitrogen and oxygen atoms in total. The van der Waals surface area contributed by atoms with Gasteiger partial charge in [0.2, 0.25) is 0 Å². The summed E-state index contributed by atoms with van der Waals surface area (Å²) < 4.78 is 12.9. The summed E-state index contributed by atoms with van der Waals surface area (Å²) in [5, 5.41) is 22.7. The second-order valence-electron chi connectivity index (χ2n) is 11.8. The van der Waals surface area contributed by atoms with Crippen LogP contribution < -0.4 is 0 Å². The minimum atomic E-state index is -0.836. The van der Waals surface area contributed by atoms with Crippen molar-refractivity contribution in [2.45, 2.75) is 97.4 Å². The maximum Gasteiger partial charge on any atom is 0.163 e. The zero-order valence-corrected chi connectivity index (χ0v) is 18.1. The normalized spacial score (nSPS) is 58.8. The number of carbonyl (C=O) groups excluding carboxylic acids is 1. The fourth-order valence-corrected chi connectivity index (χ4v) is 8.69. The quantitative estimate of drug-likeness (QED) is 0.663. The fourth-order valence-electron chi connectivity index (χ4n) is 8.69. The minimum Gasteiger partial charge on any atom is -0.393 e. The maximum atomic E-state index is 13.8. The highest BCUT2D eigenvalue weighted by Crippen LogP contribution is 2.73. The summed E-state index contributed by atoms with van der Waals surface area (Å²) >= 11 is 0. The van der Waals surface area contributed by atoms with Crippen molar-refractivity contribution in [1.82, 2.24) is 0 Å². The predicted molar refractivity (Wildman–Crippen MR) is 103 cm³/mol. The largest absolute Gasteiger partial charge is 0.393 e. The van der Waals surface area contributed by atoms with Crippen molar-refractivity contribution < 1.29 is 24.5 Å². The van der Waals surface area contributed by atoms with E-state index >= 15 is 0 Å². The lowest BCUT2D eigenvalue weighted by Crippen LogP contribution is -2.76. The lowest BCUT2D eigenvalue weighted by atomic mass is 9.38. The van der Waals surface area contributed by atoms with E-state index < -0.39 is 28.8 Å². The topological polar surface area (TPSA) is 76.0 Å². The zero-order valence-electron chi connectivity index (χ0n) is 18.1. The smallest absolute Gasteiger partial charge is 0.163 e. The van der Waals surface area contributed by atoms with Gasteiger partial charge < -0.3 is 19.7 Å². The van der Waals surface area contributed by atoms with Gasteiger partial charge in [-0.05, 0) is 56.8 Å². The van der Waals surface area contributed by atoms with E-state index in [2.05, 4.69) is 20.8 Å². The second-order valence-corrected chi connectivity index (χ2v) is 11.8. The molecule has 5 aliphatic rings. The Hall–Kier alpha value is -0.490. The van der Waals surface area contributed by atoms with Crippen LogP contribution in [0.3, 0.4) is 0 Å². The Morgan fingerprint density at radius 3 is 2.39 bits per heavy atom. The first-order valence-electron chi connectivity index (χ1n) is 11.1. The Morgan fingerprint density at radius 1 is 1.04 bits per heavy atom. The number of rotatable bonds is 0. The molecule has 1 saturated heterocycles. The van der Waals surface area contributed by atoms with E-state index in [1.165, 1.54) is 0 Å². The highest BCUT2D eigenvalue weighted by molar-refractivity contribution is 5.92. The van der Waals surface area contributed by atoms with E-state index in [9.17, 15) is 15.0 Å². The third-order valence-electron chi connectivity index (χ3n) is 9.72. The highest BCUT2D eigenvalue weighted by atomic mass is 16.7. The van der Waals surface area contributed by atoms with Crippen LogP contribution in [0.5, 0.6) is 0 Å². The Balaban J connectivity index is 1.75. The van der Waals surface area contributed by atoms with Crippen LogP contribution >= 0.6 is 0 Å². The van der Waals surface area contributed by atoms with Gasteiger partial charge in [-0.2, -0.15) is 0 Å². The summed E-state index contributed by atoms with van der Waals surface area (Å²) in [4.78, 5) is 13.8. The first-order valence-corrected chi connectivity index (χ1v) is 11.1. The van der Waals surface area contributed by atoms with Crippen LogP contribution in [0.15, 0.2) is 0 Å². The first-order chi connectivity index (χ1) is 12.9. The van der Waals surface area contributed by atoms with Crippen molar-refractivity contribution >= 4 is 5.78 Å². The van der Waals surface area contributed by atoms with Gasteiger partial charge in [-0.15, -0.1) is 0 Å². The minimum absolute atomic E-state index is 0.0262. The standard InChI is InChI=1S/C23H36O5/c1-11-12-9-13(24)17-22(6)14(20(2,3)8-7-15(22)25)10-16-23(17,18(11)26)19(12)28-21(4,5)27-16/h11-17,19,24-25H,7-10H2,1-6H3/t11-,12-,13+,14+,15-,16-,17-,19-,22+,23-/m1/s1. The zero-order chi connectivity index (χ0) is 20.4. The number of ether oxygens (including phenoxy) is 2. The van der Waals surface area contributed by atoms with E-state index in [4.69, 9.17) is 9.47 Å². The number of fused-ring (bicyclic) bond motifs is 2. The number of hydrogen-bond donors (Lipinski definition) is 2.